The molecule has 0 bridgehead atoms. The Bertz CT molecular complexity index is 847. The lowest BCUT2D eigenvalue weighted by molar-refractivity contribution is -0.386. The number of aliphatic carboxylic acids is 2. The number of ether oxygens (including phenoxy) is 1. The van der Waals surface area contributed by atoms with Gasteiger partial charge in [0.25, 0.3) is 0 Å². The van der Waals surface area contributed by atoms with Crippen molar-refractivity contribution in [3.8, 4) is 5.75 Å². The molecule has 2 N–H and O–H groups in total. The quantitative estimate of drug-likeness (QED) is 0.582. The molecule has 0 radical (unpaired) electrons. The number of carbonyl (C=O) groups is 2. The van der Waals surface area contributed by atoms with Gasteiger partial charge >= 0.3 is 24.2 Å². The molecule has 8 nitrogen and oxygen atoms in total. The fourth-order valence-corrected chi connectivity index (χ4v) is 2.52. The molecule has 0 aliphatic heterocycles. The minimum Gasteiger partial charge on any atom is -0.481 e. The average Bonchev–Trinajstić information content (AvgIpc) is 2.53. The third kappa shape index (κ3) is 3.68. The van der Waals surface area contributed by atoms with Gasteiger partial charge in [-0.3, -0.25) is 14.9 Å². The molecule has 1 unspecified atom stereocenters. The molecule has 1 atom stereocenters. The number of alkyl halides is 2. The van der Waals surface area contributed by atoms with Gasteiger partial charge in [0.15, 0.2) is 0 Å². The lowest BCUT2D eigenvalue weighted by atomic mass is 9.76. The average molecular weight is 369 g/mol. The summed E-state index contributed by atoms with van der Waals surface area (Å²) in [4.78, 5) is 32.9. The van der Waals surface area contributed by atoms with E-state index < -0.39 is 40.3 Å². The minimum atomic E-state index is -3.31. The summed E-state index contributed by atoms with van der Waals surface area (Å²) < 4.78 is 29.2. The van der Waals surface area contributed by atoms with Crippen LogP contribution in [0.1, 0.15) is 18.9 Å². The van der Waals surface area contributed by atoms with Crippen LogP contribution in [0.3, 0.4) is 0 Å². The molecule has 138 valence electrons. The number of nitrogens with zero attached hydrogens (tertiary/aromatic N) is 1. The van der Waals surface area contributed by atoms with E-state index in [4.69, 9.17) is 0 Å². The zero-order valence-corrected chi connectivity index (χ0v) is 13.3. The lowest BCUT2D eigenvalue weighted by Crippen LogP contribution is -2.29. The van der Waals surface area contributed by atoms with Crippen LogP contribution in [0.25, 0.3) is 5.57 Å². The van der Waals surface area contributed by atoms with E-state index in [1.165, 1.54) is 25.1 Å². The highest BCUT2D eigenvalue weighted by molar-refractivity contribution is 6.01. The summed E-state index contributed by atoms with van der Waals surface area (Å²) in [5.74, 6) is -3.33. The van der Waals surface area contributed by atoms with Crippen LogP contribution in [0.4, 0.5) is 14.5 Å². The van der Waals surface area contributed by atoms with E-state index in [2.05, 4.69) is 4.74 Å². The highest BCUT2D eigenvalue weighted by atomic mass is 19.3. The first-order chi connectivity index (χ1) is 12.0. The fraction of sp³-hybridized carbons (Fsp3) is 0.250. The number of hydrogen-bond donors (Lipinski definition) is 2. The largest absolute Gasteiger partial charge is 0.481 e. The highest BCUT2D eigenvalue weighted by Gasteiger charge is 2.37. The van der Waals surface area contributed by atoms with Gasteiger partial charge in [0.1, 0.15) is 0 Å². The molecule has 0 aromatic heterocycles. The Balaban J connectivity index is 2.58. The standard InChI is InChI=1S/C16H13F2NO7/c1-16(14(22)23)5-4-9(10(7-16)13(20)21)8-2-3-11(19(24)25)12(6-8)26-15(17)18/h2-6,15H,7H2,1H3,(H,20,21)(H,22,23). The topological polar surface area (TPSA) is 127 Å². The molecular weight excluding hydrogens is 356 g/mol. The van der Waals surface area contributed by atoms with Crippen molar-refractivity contribution >= 4 is 23.2 Å². The zero-order valence-electron chi connectivity index (χ0n) is 13.3. The van der Waals surface area contributed by atoms with Gasteiger partial charge in [0.2, 0.25) is 5.75 Å². The van der Waals surface area contributed by atoms with Crippen LogP contribution in [-0.2, 0) is 9.59 Å². The van der Waals surface area contributed by atoms with E-state index in [0.717, 1.165) is 12.1 Å². The van der Waals surface area contributed by atoms with Crippen molar-refractivity contribution in [1.29, 1.82) is 0 Å². The van der Waals surface area contributed by atoms with Crippen molar-refractivity contribution in [2.75, 3.05) is 0 Å². The van der Waals surface area contributed by atoms with Crippen molar-refractivity contribution in [1.82, 2.24) is 0 Å². The van der Waals surface area contributed by atoms with Crippen LogP contribution in [-0.4, -0.2) is 33.7 Å². The molecule has 0 amide bonds. The van der Waals surface area contributed by atoms with E-state index in [1.54, 1.807) is 0 Å². The lowest BCUT2D eigenvalue weighted by Gasteiger charge is -2.26. The van der Waals surface area contributed by atoms with Crippen LogP contribution in [0.15, 0.2) is 35.9 Å². The summed E-state index contributed by atoms with van der Waals surface area (Å²) >= 11 is 0. The predicted molar refractivity (Wildman–Crippen MR) is 83.8 cm³/mol. The SMILES string of the molecule is CC1(C(=O)O)C=CC(c2ccc([N+](=O)[O-])c(OC(F)F)c2)=C(C(=O)O)C1. The van der Waals surface area contributed by atoms with E-state index in [9.17, 15) is 38.7 Å². The van der Waals surface area contributed by atoms with E-state index in [0.29, 0.717) is 0 Å². The molecule has 2 rings (SSSR count). The number of carboxylic acids is 2. The van der Waals surface area contributed by atoms with Crippen molar-refractivity contribution < 1.29 is 38.2 Å². The highest BCUT2D eigenvalue weighted by Crippen LogP contribution is 2.40. The number of carboxylic acid groups (broad SMARTS) is 2. The van der Waals surface area contributed by atoms with Crippen molar-refractivity contribution in [2.45, 2.75) is 20.0 Å². The molecule has 1 aliphatic rings. The fourth-order valence-electron chi connectivity index (χ4n) is 2.52. The molecule has 0 saturated heterocycles. The molecule has 0 saturated carbocycles. The van der Waals surface area contributed by atoms with Crippen LogP contribution in [0.2, 0.25) is 0 Å². The first-order valence-electron chi connectivity index (χ1n) is 7.18. The van der Waals surface area contributed by atoms with Crippen molar-refractivity contribution in [3.05, 3.63) is 51.6 Å². The summed E-state index contributed by atoms with van der Waals surface area (Å²) in [5.41, 5.74) is -2.27. The van der Waals surface area contributed by atoms with Crippen LogP contribution in [0.5, 0.6) is 5.75 Å². The van der Waals surface area contributed by atoms with Gasteiger partial charge in [-0.05, 0) is 36.6 Å². The van der Waals surface area contributed by atoms with Gasteiger partial charge in [-0.1, -0.05) is 12.2 Å². The molecule has 0 fully saturated rings. The molecule has 1 aromatic carbocycles. The second-order valence-corrected chi connectivity index (χ2v) is 5.75. The molecule has 10 heteroatoms. The summed E-state index contributed by atoms with van der Waals surface area (Å²) in [5, 5.41) is 29.6. The maximum atomic E-state index is 12.5. The second-order valence-electron chi connectivity index (χ2n) is 5.75. The number of rotatable bonds is 6. The van der Waals surface area contributed by atoms with Gasteiger partial charge < -0.3 is 14.9 Å². The summed E-state index contributed by atoms with van der Waals surface area (Å²) in [7, 11) is 0. The van der Waals surface area contributed by atoms with Gasteiger partial charge in [-0.2, -0.15) is 8.78 Å². The number of halogens is 2. The van der Waals surface area contributed by atoms with Crippen LogP contribution in [0, 0.1) is 15.5 Å². The summed E-state index contributed by atoms with van der Waals surface area (Å²) in [6, 6.07) is 3.02. The van der Waals surface area contributed by atoms with Gasteiger partial charge in [-0.25, -0.2) is 4.79 Å². The van der Waals surface area contributed by atoms with Gasteiger partial charge in [-0.15, -0.1) is 0 Å². The van der Waals surface area contributed by atoms with Crippen LogP contribution < -0.4 is 4.74 Å². The van der Waals surface area contributed by atoms with Crippen LogP contribution >= 0.6 is 0 Å². The monoisotopic (exact) mass is 369 g/mol. The van der Waals surface area contributed by atoms with Crippen molar-refractivity contribution in [3.63, 3.8) is 0 Å². The zero-order chi connectivity index (χ0) is 19.6. The minimum absolute atomic E-state index is 0.0604. The smallest absolute Gasteiger partial charge is 0.387 e. The Hall–Kier alpha value is -3.30. The maximum Gasteiger partial charge on any atom is 0.387 e. The Labute approximate surface area is 145 Å². The number of allylic oxidation sites excluding steroid dienone is 2. The number of nitro benzene ring substituents is 1. The van der Waals surface area contributed by atoms with Gasteiger partial charge in [0.05, 0.1) is 10.3 Å². The van der Waals surface area contributed by atoms with E-state index in [-0.39, 0.29) is 23.1 Å². The summed E-state index contributed by atoms with van der Waals surface area (Å²) in [6.45, 7) is -1.97. The molecule has 1 aliphatic carbocycles. The van der Waals surface area contributed by atoms with E-state index >= 15 is 0 Å². The number of benzene rings is 1. The third-order valence-electron chi connectivity index (χ3n) is 3.92. The first-order valence-corrected chi connectivity index (χ1v) is 7.18. The Morgan fingerprint density at radius 3 is 2.50 bits per heavy atom. The summed E-state index contributed by atoms with van der Waals surface area (Å²) in [6.07, 6.45) is 2.19. The first kappa shape index (κ1) is 19.0. The van der Waals surface area contributed by atoms with Crippen molar-refractivity contribution in [2.24, 2.45) is 5.41 Å². The Morgan fingerprint density at radius 2 is 2.00 bits per heavy atom. The second kappa shape index (κ2) is 6.90. The number of hydrogen-bond acceptors (Lipinski definition) is 5. The normalized spacial score (nSPS) is 19.5. The Morgan fingerprint density at radius 1 is 1.35 bits per heavy atom. The number of nitro groups is 1. The Kier molecular flexibility index (Phi) is 5.05. The maximum absolute atomic E-state index is 12.5. The third-order valence-corrected chi connectivity index (χ3v) is 3.92. The molecule has 0 spiro atoms. The molecular formula is C16H13F2NO7. The predicted octanol–water partition coefficient (Wildman–Crippen LogP) is 3.09. The van der Waals surface area contributed by atoms with E-state index in [1.807, 2.05) is 0 Å². The molecule has 1 aromatic rings. The van der Waals surface area contributed by atoms with Gasteiger partial charge in [0, 0.05) is 11.6 Å². The molecule has 26 heavy (non-hydrogen) atoms. The molecule has 0 heterocycles.